The maximum Gasteiger partial charge on any atom is 0.261 e. The van der Waals surface area contributed by atoms with Crippen LogP contribution < -0.4 is 20.1 Å². The number of rotatable bonds is 10. The fourth-order valence-electron chi connectivity index (χ4n) is 2.72. The van der Waals surface area contributed by atoms with Crippen LogP contribution in [0.25, 0.3) is 0 Å². The molecule has 0 aromatic heterocycles. The van der Waals surface area contributed by atoms with Crippen molar-refractivity contribution in [3.63, 3.8) is 0 Å². The van der Waals surface area contributed by atoms with Gasteiger partial charge in [0.25, 0.3) is 5.91 Å². The van der Waals surface area contributed by atoms with Crippen LogP contribution in [0.2, 0.25) is 0 Å². The molecule has 0 atom stereocenters. The lowest BCUT2D eigenvalue weighted by Gasteiger charge is -2.12. The highest BCUT2D eigenvalue weighted by Crippen LogP contribution is 2.23. The molecule has 0 spiro atoms. The molecule has 0 saturated heterocycles. The van der Waals surface area contributed by atoms with Crippen LogP contribution in [0.3, 0.4) is 0 Å². The summed E-state index contributed by atoms with van der Waals surface area (Å²) in [6.07, 6.45) is 6.05. The van der Waals surface area contributed by atoms with Gasteiger partial charge in [-0.1, -0.05) is 48.5 Å². The number of benzene rings is 2. The molecule has 0 aliphatic heterocycles. The Labute approximate surface area is 186 Å². The van der Waals surface area contributed by atoms with Crippen LogP contribution in [-0.4, -0.2) is 24.7 Å². The summed E-state index contributed by atoms with van der Waals surface area (Å²) in [5, 5.41) is 5.88. The van der Waals surface area contributed by atoms with Gasteiger partial charge in [-0.3, -0.25) is 10.1 Å². The first-order chi connectivity index (χ1) is 14.0. The fourth-order valence-corrected chi connectivity index (χ4v) is 3.29. The van der Waals surface area contributed by atoms with E-state index in [1.165, 1.54) is 32.8 Å². The second-order valence-electron chi connectivity index (χ2n) is 6.54. The third kappa shape index (κ3) is 8.03. The van der Waals surface area contributed by atoms with Crippen LogP contribution in [0, 0.1) is 0 Å². The first-order valence-electron chi connectivity index (χ1n) is 9.72. The molecule has 29 heavy (non-hydrogen) atoms. The highest BCUT2D eigenvalue weighted by molar-refractivity contribution is 9.10. The fraction of sp³-hybridized carbons (Fsp3) is 0.364. The van der Waals surface area contributed by atoms with Gasteiger partial charge in [0.2, 0.25) is 0 Å². The molecule has 0 radical (unpaired) electrons. The number of hydrogen-bond acceptors (Lipinski definition) is 4. The van der Waals surface area contributed by atoms with Crippen molar-refractivity contribution >= 4 is 44.9 Å². The molecule has 7 heteroatoms. The van der Waals surface area contributed by atoms with Crippen LogP contribution in [-0.2, 0) is 0 Å². The maximum atomic E-state index is 12.5. The normalized spacial score (nSPS) is 10.3. The number of hydrogen-bond donors (Lipinski definition) is 2. The van der Waals surface area contributed by atoms with Crippen LogP contribution in [0.1, 0.15) is 49.4 Å². The van der Waals surface area contributed by atoms with E-state index in [1.807, 2.05) is 24.3 Å². The van der Waals surface area contributed by atoms with E-state index in [-0.39, 0.29) is 11.0 Å². The van der Waals surface area contributed by atoms with Gasteiger partial charge < -0.3 is 14.8 Å². The largest absolute Gasteiger partial charge is 0.496 e. The number of halogens is 1. The van der Waals surface area contributed by atoms with Crippen molar-refractivity contribution in [1.29, 1.82) is 0 Å². The second-order valence-corrected chi connectivity index (χ2v) is 7.86. The zero-order chi connectivity index (χ0) is 21.1. The van der Waals surface area contributed by atoms with Crippen LogP contribution in [0.15, 0.2) is 46.9 Å². The van der Waals surface area contributed by atoms with Gasteiger partial charge in [-0.15, -0.1) is 0 Å². The van der Waals surface area contributed by atoms with Gasteiger partial charge in [0, 0.05) is 10.2 Å². The zero-order valence-corrected chi connectivity index (χ0v) is 19.2. The van der Waals surface area contributed by atoms with Crippen molar-refractivity contribution < 1.29 is 14.3 Å². The average molecular weight is 479 g/mol. The molecule has 5 nitrogen and oxygen atoms in total. The van der Waals surface area contributed by atoms with Crippen molar-refractivity contribution in [3.05, 3.63) is 52.5 Å². The van der Waals surface area contributed by atoms with Gasteiger partial charge in [0.05, 0.1) is 19.3 Å². The third-order valence-corrected chi connectivity index (χ3v) is 4.96. The number of nitrogens with one attached hydrogen (secondary N) is 2. The zero-order valence-electron chi connectivity index (χ0n) is 16.8. The quantitative estimate of drug-likeness (QED) is 0.327. The van der Waals surface area contributed by atoms with Gasteiger partial charge in [-0.2, -0.15) is 0 Å². The summed E-state index contributed by atoms with van der Waals surface area (Å²) < 4.78 is 11.8. The molecule has 156 valence electrons. The van der Waals surface area contributed by atoms with Crippen LogP contribution in [0.4, 0.5) is 5.69 Å². The number of methoxy groups -OCH3 is 1. The number of unbranched alkanes of at least 4 members (excludes halogenated alkanes) is 4. The molecule has 2 aromatic rings. The molecule has 2 rings (SSSR count). The standard InChI is InChI=1S/C22H27BrN2O3S/c1-3-4-5-6-7-14-28-18-11-9-17(10-12-18)24-22(29)25-21(26)19-15-16(23)8-13-20(19)27-2/h8-13,15H,3-7,14H2,1-2H3,(H2,24,25,26,29). The smallest absolute Gasteiger partial charge is 0.261 e. The lowest BCUT2D eigenvalue weighted by atomic mass is 10.2. The van der Waals surface area contributed by atoms with Gasteiger partial charge in [-0.25, -0.2) is 0 Å². The number of thiocarbonyl (C=S) groups is 1. The minimum absolute atomic E-state index is 0.210. The van der Waals surface area contributed by atoms with Crippen molar-refractivity contribution in [3.8, 4) is 11.5 Å². The molecule has 0 aliphatic rings. The summed E-state index contributed by atoms with van der Waals surface area (Å²) in [5.74, 6) is 0.952. The first-order valence-corrected chi connectivity index (χ1v) is 10.9. The Balaban J connectivity index is 1.82. The summed E-state index contributed by atoms with van der Waals surface area (Å²) in [6.45, 7) is 2.93. The first kappa shape index (κ1) is 23.2. The van der Waals surface area contributed by atoms with Crippen LogP contribution >= 0.6 is 28.1 Å². The van der Waals surface area contributed by atoms with Gasteiger partial charge in [-0.05, 0) is 61.1 Å². The van der Waals surface area contributed by atoms with Gasteiger partial charge >= 0.3 is 0 Å². The van der Waals surface area contributed by atoms with Gasteiger partial charge in [0.15, 0.2) is 5.11 Å². The second kappa shape index (κ2) is 12.4. The number of carbonyl (C=O) groups excluding carboxylic acids is 1. The molecular formula is C22H27BrN2O3S. The third-order valence-electron chi connectivity index (χ3n) is 4.26. The van der Waals surface area contributed by atoms with E-state index >= 15 is 0 Å². The number of amides is 1. The molecule has 0 fully saturated rings. The predicted octanol–water partition coefficient (Wildman–Crippen LogP) is 5.93. The van der Waals surface area contributed by atoms with Crippen molar-refractivity contribution in [2.24, 2.45) is 0 Å². The molecule has 0 aliphatic carbocycles. The molecule has 0 saturated carbocycles. The predicted molar refractivity (Wildman–Crippen MR) is 125 cm³/mol. The minimum Gasteiger partial charge on any atom is -0.496 e. The van der Waals surface area contributed by atoms with E-state index in [2.05, 4.69) is 33.5 Å². The number of carbonyl (C=O) groups is 1. The van der Waals surface area contributed by atoms with Crippen molar-refractivity contribution in [2.75, 3.05) is 19.0 Å². The summed E-state index contributed by atoms with van der Waals surface area (Å²) in [4.78, 5) is 12.5. The molecular weight excluding hydrogens is 452 g/mol. The molecule has 1 amide bonds. The summed E-state index contributed by atoms with van der Waals surface area (Å²) in [6, 6.07) is 12.7. The number of ether oxygens (including phenoxy) is 2. The lowest BCUT2D eigenvalue weighted by molar-refractivity contribution is 0.0974. The lowest BCUT2D eigenvalue weighted by Crippen LogP contribution is -2.34. The monoisotopic (exact) mass is 478 g/mol. The SMILES string of the molecule is CCCCCCCOc1ccc(NC(=S)NC(=O)c2cc(Br)ccc2OC)cc1. The van der Waals surface area contributed by atoms with E-state index in [1.54, 1.807) is 18.2 Å². The molecule has 0 unspecified atom stereocenters. The molecule has 0 bridgehead atoms. The van der Waals surface area contributed by atoms with E-state index in [9.17, 15) is 4.79 Å². The summed E-state index contributed by atoms with van der Waals surface area (Å²) in [5.41, 5.74) is 1.17. The Morgan fingerprint density at radius 2 is 1.79 bits per heavy atom. The Hall–Kier alpha value is -2.12. The topological polar surface area (TPSA) is 59.6 Å². The van der Waals surface area contributed by atoms with Gasteiger partial charge in [0.1, 0.15) is 11.5 Å². The molecule has 2 aromatic carbocycles. The Morgan fingerprint density at radius 3 is 2.48 bits per heavy atom. The highest BCUT2D eigenvalue weighted by atomic mass is 79.9. The van der Waals surface area contributed by atoms with E-state index in [0.717, 1.165) is 28.9 Å². The minimum atomic E-state index is -0.344. The highest BCUT2D eigenvalue weighted by Gasteiger charge is 2.14. The van der Waals surface area contributed by atoms with Crippen molar-refractivity contribution in [1.82, 2.24) is 5.32 Å². The Bertz CT molecular complexity index is 812. The summed E-state index contributed by atoms with van der Waals surface area (Å²) in [7, 11) is 1.52. The molecule has 0 heterocycles. The van der Waals surface area contributed by atoms with Crippen LogP contribution in [0.5, 0.6) is 11.5 Å². The van der Waals surface area contributed by atoms with E-state index in [0.29, 0.717) is 11.3 Å². The summed E-state index contributed by atoms with van der Waals surface area (Å²) >= 11 is 8.61. The molecule has 2 N–H and O–H groups in total. The Kier molecular flexibility index (Phi) is 9.94. The average Bonchev–Trinajstić information content (AvgIpc) is 2.71. The maximum absolute atomic E-state index is 12.5. The van der Waals surface area contributed by atoms with E-state index < -0.39 is 0 Å². The number of anilines is 1. The van der Waals surface area contributed by atoms with Crippen molar-refractivity contribution in [2.45, 2.75) is 39.0 Å². The Morgan fingerprint density at radius 1 is 1.07 bits per heavy atom. The van der Waals surface area contributed by atoms with E-state index in [4.69, 9.17) is 21.7 Å².